The summed E-state index contributed by atoms with van der Waals surface area (Å²) in [6.07, 6.45) is 7.55. The van der Waals surface area contributed by atoms with Crippen LogP contribution in [-0.4, -0.2) is 82.1 Å². The predicted molar refractivity (Wildman–Crippen MR) is 123 cm³/mol. The number of allylic oxidation sites excluding steroid dienone is 1. The minimum absolute atomic E-state index is 0.0351. The van der Waals surface area contributed by atoms with E-state index in [1.807, 2.05) is 26.0 Å². The number of likely N-dealkylation sites (N-methyl/N-ethyl adjacent to an activating group) is 1. The molecule has 1 aliphatic rings. The van der Waals surface area contributed by atoms with E-state index in [1.165, 1.54) is 23.9 Å². The average molecular weight is 478 g/mol. The number of pyridine rings is 1. The first-order valence-corrected chi connectivity index (χ1v) is 12.2. The number of amides is 1. The molecule has 0 aromatic carbocycles. The number of rotatable bonds is 7. The van der Waals surface area contributed by atoms with Crippen LogP contribution in [-0.2, 0) is 17.1 Å². The van der Waals surface area contributed by atoms with Gasteiger partial charge in [-0.05, 0) is 25.5 Å². The number of aryl methyl sites for hydroxylation is 1. The average Bonchev–Trinajstić information content (AvgIpc) is 3.23. The molecule has 11 heteroatoms. The second-order valence-corrected chi connectivity index (χ2v) is 10.4. The van der Waals surface area contributed by atoms with Crippen molar-refractivity contribution in [2.75, 3.05) is 26.7 Å². The fourth-order valence-corrected chi connectivity index (χ4v) is 4.80. The number of ether oxygens (including phenoxy) is 1. The zero-order chi connectivity index (χ0) is 24.3. The van der Waals surface area contributed by atoms with E-state index in [0.717, 1.165) is 5.56 Å². The first-order chi connectivity index (χ1) is 15.6. The molecule has 3 atom stereocenters. The number of carbonyl (C=O) groups excluding carboxylic acids is 1. The Kier molecular flexibility index (Phi) is 7.55. The number of aromatic nitrogens is 3. The van der Waals surface area contributed by atoms with Crippen LogP contribution in [0.3, 0.4) is 0 Å². The summed E-state index contributed by atoms with van der Waals surface area (Å²) in [5.41, 5.74) is 1.02. The molecule has 0 fully saturated rings. The number of hydrogen-bond donors (Lipinski definition) is 1. The van der Waals surface area contributed by atoms with Gasteiger partial charge in [-0.15, -0.1) is 0 Å². The van der Waals surface area contributed by atoms with E-state index in [4.69, 9.17) is 4.74 Å². The minimum Gasteiger partial charge on any atom is -0.472 e. The van der Waals surface area contributed by atoms with E-state index in [9.17, 15) is 18.3 Å². The lowest BCUT2D eigenvalue weighted by Gasteiger charge is -2.37. The molecule has 0 saturated carbocycles. The number of carbonyl (C=O) groups is 1. The number of hydrogen-bond acceptors (Lipinski definition) is 7. The summed E-state index contributed by atoms with van der Waals surface area (Å²) in [5.74, 6) is -0.386. The molecule has 1 N–H and O–H groups in total. The highest BCUT2D eigenvalue weighted by Gasteiger charge is 2.36. The van der Waals surface area contributed by atoms with Crippen LogP contribution in [0.4, 0.5) is 0 Å². The second kappa shape index (κ2) is 10.0. The lowest BCUT2D eigenvalue weighted by molar-refractivity contribution is 0.0373. The minimum atomic E-state index is -3.83. The van der Waals surface area contributed by atoms with Crippen LogP contribution in [0.25, 0.3) is 6.08 Å². The third kappa shape index (κ3) is 5.26. The molecule has 33 heavy (non-hydrogen) atoms. The lowest BCUT2D eigenvalue weighted by Crippen LogP contribution is -2.50. The zero-order valence-corrected chi connectivity index (χ0v) is 20.4. The van der Waals surface area contributed by atoms with Crippen LogP contribution < -0.4 is 4.74 Å². The smallest absolute Gasteiger partial charge is 0.261 e. The highest BCUT2D eigenvalue weighted by molar-refractivity contribution is 7.89. The Balaban J connectivity index is 1.97. The molecule has 2 aromatic rings. The summed E-state index contributed by atoms with van der Waals surface area (Å²) in [6.45, 7) is 5.64. The van der Waals surface area contributed by atoms with E-state index in [-0.39, 0.29) is 48.0 Å². The van der Waals surface area contributed by atoms with Crippen molar-refractivity contribution in [2.24, 2.45) is 13.0 Å². The molecule has 0 aliphatic carbocycles. The van der Waals surface area contributed by atoms with E-state index in [0.29, 0.717) is 0 Å². The van der Waals surface area contributed by atoms with Gasteiger partial charge in [0.05, 0.1) is 25.5 Å². The van der Waals surface area contributed by atoms with Gasteiger partial charge < -0.3 is 19.3 Å². The SMILES string of the molecule is C/C=C/c1cnc2c(c1)C(=O)N([C@@H](C)CO)C[C@@H](C)[C@H](CN(C)S(=O)(=O)c1cn(C)cn1)O2. The number of aliphatic hydroxyl groups is 1. The van der Waals surface area contributed by atoms with Gasteiger partial charge in [0.15, 0.2) is 5.03 Å². The molecule has 0 unspecified atom stereocenters. The van der Waals surface area contributed by atoms with Crippen LogP contribution >= 0.6 is 0 Å². The van der Waals surface area contributed by atoms with Crippen LogP contribution in [0.5, 0.6) is 5.88 Å². The van der Waals surface area contributed by atoms with Crippen molar-refractivity contribution in [3.05, 3.63) is 42.0 Å². The van der Waals surface area contributed by atoms with Gasteiger partial charge in [-0.1, -0.05) is 19.1 Å². The predicted octanol–water partition coefficient (Wildman–Crippen LogP) is 1.39. The second-order valence-electron chi connectivity index (χ2n) is 8.41. The summed E-state index contributed by atoms with van der Waals surface area (Å²) in [4.78, 5) is 23.2. The third-order valence-corrected chi connectivity index (χ3v) is 7.40. The van der Waals surface area contributed by atoms with Crippen molar-refractivity contribution in [2.45, 2.75) is 37.9 Å². The van der Waals surface area contributed by atoms with Gasteiger partial charge in [-0.2, -0.15) is 4.31 Å². The van der Waals surface area contributed by atoms with Gasteiger partial charge >= 0.3 is 0 Å². The molecular weight excluding hydrogens is 446 g/mol. The van der Waals surface area contributed by atoms with Gasteiger partial charge in [0.1, 0.15) is 11.7 Å². The fraction of sp³-hybridized carbons (Fsp3) is 0.500. The Morgan fingerprint density at radius 2 is 2.12 bits per heavy atom. The maximum Gasteiger partial charge on any atom is 0.261 e. The van der Waals surface area contributed by atoms with Crippen LogP contribution in [0.2, 0.25) is 0 Å². The summed E-state index contributed by atoms with van der Waals surface area (Å²) < 4.78 is 34.9. The number of fused-ring (bicyclic) bond motifs is 1. The molecule has 0 saturated heterocycles. The van der Waals surface area contributed by atoms with E-state index in [1.54, 1.807) is 35.7 Å². The quantitative estimate of drug-likeness (QED) is 0.640. The maximum atomic E-state index is 13.3. The standard InChI is InChI=1S/C22H31N5O5S/c1-6-7-17-8-18-21(23-9-17)32-19(15(2)10-27(22(18)29)16(3)13-28)11-26(5)33(30,31)20-12-25(4)14-24-20/h6-9,12,14-16,19,28H,10-11,13H2,1-5H3/b7-6+/t15-,16+,19+/m1/s1. The van der Waals surface area contributed by atoms with Crippen molar-refractivity contribution in [3.63, 3.8) is 0 Å². The topological polar surface area (TPSA) is 118 Å². The Labute approximate surface area is 194 Å². The third-order valence-electron chi connectivity index (χ3n) is 5.69. The highest BCUT2D eigenvalue weighted by Crippen LogP contribution is 2.28. The van der Waals surface area contributed by atoms with Gasteiger partial charge in [0, 0.05) is 39.0 Å². The van der Waals surface area contributed by atoms with E-state index in [2.05, 4.69) is 9.97 Å². The number of aliphatic hydroxyl groups excluding tert-OH is 1. The summed E-state index contributed by atoms with van der Waals surface area (Å²) in [7, 11) is -0.655. The van der Waals surface area contributed by atoms with Crippen LogP contribution in [0.15, 0.2) is 35.9 Å². The van der Waals surface area contributed by atoms with Gasteiger partial charge in [-0.25, -0.2) is 18.4 Å². The molecule has 0 radical (unpaired) electrons. The largest absolute Gasteiger partial charge is 0.472 e. The maximum absolute atomic E-state index is 13.3. The number of nitrogens with zero attached hydrogens (tertiary/aromatic N) is 5. The Morgan fingerprint density at radius 3 is 2.73 bits per heavy atom. The van der Waals surface area contributed by atoms with Gasteiger partial charge in [0.2, 0.25) is 5.88 Å². The molecule has 1 amide bonds. The monoisotopic (exact) mass is 477 g/mol. The normalized spacial score (nSPS) is 20.5. The van der Waals surface area contributed by atoms with Crippen molar-refractivity contribution in [3.8, 4) is 5.88 Å². The first kappa shape index (κ1) is 24.9. The molecule has 1 aliphatic heterocycles. The Morgan fingerprint density at radius 1 is 1.39 bits per heavy atom. The summed E-state index contributed by atoms with van der Waals surface area (Å²) in [6, 6.07) is 1.27. The van der Waals surface area contributed by atoms with Crippen LogP contribution in [0, 0.1) is 5.92 Å². The number of sulfonamides is 1. The van der Waals surface area contributed by atoms with Crippen molar-refractivity contribution >= 4 is 22.0 Å². The highest BCUT2D eigenvalue weighted by atomic mass is 32.2. The molecule has 3 heterocycles. The number of imidazole rings is 1. The van der Waals surface area contributed by atoms with Gasteiger partial charge in [0.25, 0.3) is 15.9 Å². The van der Waals surface area contributed by atoms with Crippen molar-refractivity contribution in [1.82, 2.24) is 23.7 Å². The molecule has 180 valence electrons. The lowest BCUT2D eigenvalue weighted by atomic mass is 10.00. The van der Waals surface area contributed by atoms with Gasteiger partial charge in [-0.3, -0.25) is 4.79 Å². The molecule has 0 spiro atoms. The first-order valence-electron chi connectivity index (χ1n) is 10.7. The molecule has 0 bridgehead atoms. The van der Waals surface area contributed by atoms with Crippen molar-refractivity contribution in [1.29, 1.82) is 0 Å². The molecule has 3 rings (SSSR count). The Bertz CT molecular complexity index is 1130. The molecule has 2 aromatic heterocycles. The summed E-state index contributed by atoms with van der Waals surface area (Å²) in [5, 5.41) is 9.69. The van der Waals surface area contributed by atoms with Crippen molar-refractivity contribution < 1.29 is 23.1 Å². The zero-order valence-electron chi connectivity index (χ0n) is 19.5. The molecule has 10 nitrogen and oxygen atoms in total. The Hall–Kier alpha value is -2.76. The van der Waals surface area contributed by atoms with Crippen LogP contribution in [0.1, 0.15) is 36.7 Å². The van der Waals surface area contributed by atoms with E-state index >= 15 is 0 Å². The molecular formula is C22H31N5O5S. The fourth-order valence-electron chi connectivity index (χ4n) is 3.65. The summed E-state index contributed by atoms with van der Waals surface area (Å²) >= 11 is 0. The van der Waals surface area contributed by atoms with E-state index < -0.39 is 22.2 Å².